The first-order valence-electron chi connectivity index (χ1n) is 5.60. The lowest BCUT2D eigenvalue weighted by Gasteiger charge is -1.96. The van der Waals surface area contributed by atoms with E-state index in [0.29, 0.717) is 0 Å². The van der Waals surface area contributed by atoms with Crippen LogP contribution in [0.1, 0.15) is 44.2 Å². The van der Waals surface area contributed by atoms with Crippen LogP contribution in [0.3, 0.4) is 0 Å². The van der Waals surface area contributed by atoms with Gasteiger partial charge in [0.05, 0.1) is 0 Å². The molecule has 0 heteroatoms. The van der Waals surface area contributed by atoms with Crippen molar-refractivity contribution in [1.29, 1.82) is 0 Å². The highest BCUT2D eigenvalue weighted by Gasteiger charge is 2.34. The van der Waals surface area contributed by atoms with Gasteiger partial charge in [0.1, 0.15) is 0 Å². The molecule has 0 radical (unpaired) electrons. The molecule has 2 rings (SSSR count). The Balaban J connectivity index is 0.000000146. The van der Waals surface area contributed by atoms with Gasteiger partial charge in [-0.05, 0) is 43.2 Å². The predicted molar refractivity (Wildman–Crippen MR) is 63.5 cm³/mol. The van der Waals surface area contributed by atoms with Gasteiger partial charge in [-0.2, -0.15) is 0 Å². The Kier molecular flexibility index (Phi) is 3.74. The zero-order valence-corrected chi connectivity index (χ0v) is 9.93. The van der Waals surface area contributed by atoms with Gasteiger partial charge in [0.15, 0.2) is 0 Å². The van der Waals surface area contributed by atoms with Gasteiger partial charge >= 0.3 is 0 Å². The summed E-state index contributed by atoms with van der Waals surface area (Å²) in [5.41, 5.74) is 3.53. The fraction of sp³-hybridized carbons (Fsp3) is 0.571. The number of rotatable bonds is 1. The van der Waals surface area contributed by atoms with Gasteiger partial charge in [-0.1, -0.05) is 44.5 Å². The summed E-state index contributed by atoms with van der Waals surface area (Å²) in [6.07, 6.45) is 4.33. The maximum Gasteiger partial charge on any atom is -0.0328 e. The van der Waals surface area contributed by atoms with E-state index in [4.69, 9.17) is 0 Å². The number of hydrogen-bond acceptors (Lipinski definition) is 0. The largest absolute Gasteiger partial charge is 0.0649 e. The van der Waals surface area contributed by atoms with Crippen LogP contribution in [0.2, 0.25) is 0 Å². The van der Waals surface area contributed by atoms with Crippen LogP contribution in [0, 0.1) is 19.3 Å². The molecule has 1 saturated carbocycles. The van der Waals surface area contributed by atoms with Gasteiger partial charge in [0.25, 0.3) is 0 Å². The minimum absolute atomic E-state index is 0.792. The van der Waals surface area contributed by atoms with Gasteiger partial charge < -0.3 is 0 Å². The highest BCUT2D eigenvalue weighted by atomic mass is 14.4. The van der Waals surface area contributed by atoms with Crippen molar-refractivity contribution in [3.8, 4) is 0 Å². The van der Waals surface area contributed by atoms with Crippen LogP contribution in [0.15, 0.2) is 24.3 Å². The molecular formula is C14H22. The van der Waals surface area contributed by atoms with Crippen molar-refractivity contribution < 1.29 is 0 Å². The van der Waals surface area contributed by atoms with Crippen molar-refractivity contribution in [2.45, 2.75) is 47.0 Å². The molecule has 0 amide bonds. The second kappa shape index (κ2) is 4.63. The van der Waals surface area contributed by atoms with Crippen LogP contribution in [-0.4, -0.2) is 0 Å². The predicted octanol–water partition coefficient (Wildman–Crippen LogP) is 4.50. The van der Waals surface area contributed by atoms with E-state index in [9.17, 15) is 0 Å². The van der Waals surface area contributed by atoms with Gasteiger partial charge in [0, 0.05) is 0 Å². The smallest absolute Gasteiger partial charge is 0.0328 e. The Hall–Kier alpha value is -0.780. The Morgan fingerprint density at radius 3 is 1.64 bits per heavy atom. The highest BCUT2D eigenvalue weighted by Crippen LogP contribution is 2.47. The highest BCUT2D eigenvalue weighted by molar-refractivity contribution is 5.23. The van der Waals surface area contributed by atoms with E-state index in [1.54, 1.807) is 0 Å². The van der Waals surface area contributed by atoms with Crippen LogP contribution in [0.4, 0.5) is 0 Å². The lowest BCUT2D eigenvalue weighted by Crippen LogP contribution is -1.84. The van der Waals surface area contributed by atoms with Crippen LogP contribution in [-0.2, 0) is 0 Å². The summed E-state index contributed by atoms with van der Waals surface area (Å²) in [5, 5.41) is 0. The summed E-state index contributed by atoms with van der Waals surface area (Å²) in [6, 6.07) is 8.36. The fourth-order valence-electron chi connectivity index (χ4n) is 1.23. The van der Waals surface area contributed by atoms with Crippen LogP contribution in [0.5, 0.6) is 0 Å². The molecule has 0 heterocycles. The first-order chi connectivity index (χ1) is 6.57. The van der Waals surface area contributed by atoms with Crippen LogP contribution < -0.4 is 0 Å². The third kappa shape index (κ3) is 3.53. The van der Waals surface area contributed by atoms with E-state index >= 15 is 0 Å². The first-order valence-corrected chi connectivity index (χ1v) is 5.60. The van der Waals surface area contributed by atoms with E-state index in [1.165, 1.54) is 30.4 Å². The molecule has 0 atom stereocenters. The molecule has 0 aromatic heterocycles. The summed E-state index contributed by atoms with van der Waals surface area (Å²) in [6.45, 7) is 8.87. The summed E-state index contributed by atoms with van der Waals surface area (Å²) < 4.78 is 0. The van der Waals surface area contributed by atoms with E-state index in [1.807, 2.05) is 0 Å². The number of hydrogen-bond donors (Lipinski definition) is 0. The molecule has 0 saturated heterocycles. The van der Waals surface area contributed by atoms with Crippen molar-refractivity contribution in [3.05, 3.63) is 35.4 Å². The normalized spacial score (nSPS) is 16.9. The molecule has 0 nitrogen and oxygen atoms in total. The molecule has 0 N–H and O–H groups in total. The molecule has 0 aliphatic heterocycles. The third-order valence-corrected chi connectivity index (χ3v) is 3.38. The molecule has 1 aliphatic carbocycles. The molecule has 14 heavy (non-hydrogen) atoms. The lowest BCUT2D eigenvalue weighted by molar-refractivity contribution is 0.551. The standard InChI is InChI=1S/C8H10.C6H12/c1-7-5-3-4-6-8(7)2;1-3-6(2)4-5-6/h3-6H,1-2H3;3-5H2,1-2H3. The monoisotopic (exact) mass is 190 g/mol. The van der Waals surface area contributed by atoms with E-state index in [2.05, 4.69) is 52.0 Å². The van der Waals surface area contributed by atoms with Gasteiger partial charge in [-0.25, -0.2) is 0 Å². The number of benzene rings is 1. The Labute approximate surface area is 88.4 Å². The quantitative estimate of drug-likeness (QED) is 0.611. The fourth-order valence-corrected chi connectivity index (χ4v) is 1.23. The zero-order chi connectivity index (χ0) is 10.6. The summed E-state index contributed by atoms with van der Waals surface area (Å²) in [5.74, 6) is 0. The SMILES string of the molecule is CCC1(C)CC1.Cc1ccccc1C. The molecule has 1 aromatic carbocycles. The second-order valence-corrected chi connectivity index (χ2v) is 4.75. The molecule has 1 aromatic rings. The number of aryl methyl sites for hydroxylation is 2. The summed E-state index contributed by atoms with van der Waals surface area (Å²) in [4.78, 5) is 0. The molecule has 0 bridgehead atoms. The maximum atomic E-state index is 2.35. The van der Waals surface area contributed by atoms with E-state index in [-0.39, 0.29) is 0 Å². The first kappa shape index (κ1) is 11.3. The molecule has 0 spiro atoms. The Morgan fingerprint density at radius 2 is 1.50 bits per heavy atom. The van der Waals surface area contributed by atoms with Crippen molar-refractivity contribution in [3.63, 3.8) is 0 Å². The van der Waals surface area contributed by atoms with Crippen molar-refractivity contribution >= 4 is 0 Å². The summed E-state index contributed by atoms with van der Waals surface area (Å²) >= 11 is 0. The third-order valence-electron chi connectivity index (χ3n) is 3.38. The van der Waals surface area contributed by atoms with E-state index < -0.39 is 0 Å². The zero-order valence-electron chi connectivity index (χ0n) is 9.93. The van der Waals surface area contributed by atoms with Gasteiger partial charge in [-0.3, -0.25) is 0 Å². The van der Waals surface area contributed by atoms with Crippen molar-refractivity contribution in [2.24, 2.45) is 5.41 Å². The van der Waals surface area contributed by atoms with Crippen molar-refractivity contribution in [2.75, 3.05) is 0 Å². The minimum Gasteiger partial charge on any atom is -0.0649 e. The average molecular weight is 190 g/mol. The Bertz CT molecular complexity index is 261. The van der Waals surface area contributed by atoms with Gasteiger partial charge in [-0.15, -0.1) is 0 Å². The van der Waals surface area contributed by atoms with Gasteiger partial charge in [0.2, 0.25) is 0 Å². The lowest BCUT2D eigenvalue weighted by atomic mass is 10.1. The molecule has 78 valence electrons. The van der Waals surface area contributed by atoms with E-state index in [0.717, 1.165) is 5.41 Å². The average Bonchev–Trinajstić information content (AvgIpc) is 2.91. The molecular weight excluding hydrogens is 168 g/mol. The minimum atomic E-state index is 0.792. The molecule has 0 unspecified atom stereocenters. The second-order valence-electron chi connectivity index (χ2n) is 4.75. The topological polar surface area (TPSA) is 0 Å². The van der Waals surface area contributed by atoms with Crippen LogP contribution in [0.25, 0.3) is 0 Å². The maximum absolute atomic E-state index is 2.35. The summed E-state index contributed by atoms with van der Waals surface area (Å²) in [7, 11) is 0. The molecule has 1 fully saturated rings. The Morgan fingerprint density at radius 1 is 1.07 bits per heavy atom. The molecule has 1 aliphatic rings. The van der Waals surface area contributed by atoms with Crippen molar-refractivity contribution in [1.82, 2.24) is 0 Å². The van der Waals surface area contributed by atoms with Crippen LogP contribution >= 0.6 is 0 Å².